The van der Waals surface area contributed by atoms with Gasteiger partial charge in [0.2, 0.25) is 0 Å². The van der Waals surface area contributed by atoms with E-state index in [4.69, 9.17) is 9.47 Å². The van der Waals surface area contributed by atoms with Crippen molar-refractivity contribution in [1.29, 1.82) is 0 Å². The molecular formula is C11H10O3. The van der Waals surface area contributed by atoms with Gasteiger partial charge in [-0.3, -0.25) is 0 Å². The fourth-order valence-electron chi connectivity index (χ4n) is 1.97. The van der Waals surface area contributed by atoms with Crippen molar-refractivity contribution < 1.29 is 14.3 Å². The molecule has 0 aromatic heterocycles. The molecule has 1 unspecified atom stereocenters. The molecule has 14 heavy (non-hydrogen) atoms. The summed E-state index contributed by atoms with van der Waals surface area (Å²) in [4.78, 5) is 11.5. The Balaban J connectivity index is 2.14. The van der Waals surface area contributed by atoms with Gasteiger partial charge in [-0.1, -0.05) is 12.1 Å². The summed E-state index contributed by atoms with van der Waals surface area (Å²) in [5.41, 5.74) is 2.82. The number of hydrogen-bond donors (Lipinski definition) is 0. The standard InChI is InChI=1S/C11H10O3/c1-6-3-2-4-7-9(6)10(8-5-13-8)14-11(7)12/h2-4,8,10H,5H2,1H3/t8?,10-/m1/s1. The Bertz CT molecular complexity index is 407. The lowest BCUT2D eigenvalue weighted by atomic mass is 9.98. The van der Waals surface area contributed by atoms with E-state index < -0.39 is 0 Å². The minimum Gasteiger partial charge on any atom is -0.451 e. The van der Waals surface area contributed by atoms with E-state index in [-0.39, 0.29) is 18.2 Å². The maximum atomic E-state index is 11.5. The molecule has 3 rings (SSSR count). The lowest BCUT2D eigenvalue weighted by Gasteiger charge is -2.08. The number of aryl methyl sites for hydroxylation is 1. The molecule has 0 radical (unpaired) electrons. The Labute approximate surface area is 81.6 Å². The zero-order valence-corrected chi connectivity index (χ0v) is 7.82. The van der Waals surface area contributed by atoms with Gasteiger partial charge in [-0.05, 0) is 18.6 Å². The third kappa shape index (κ3) is 0.990. The Morgan fingerprint density at radius 2 is 2.21 bits per heavy atom. The van der Waals surface area contributed by atoms with Gasteiger partial charge in [0.25, 0.3) is 0 Å². The number of hydrogen-bond acceptors (Lipinski definition) is 3. The summed E-state index contributed by atoms with van der Waals surface area (Å²) < 4.78 is 10.4. The molecule has 0 N–H and O–H groups in total. The first kappa shape index (κ1) is 8.00. The van der Waals surface area contributed by atoms with Crippen LogP contribution in [0.25, 0.3) is 0 Å². The average molecular weight is 190 g/mol. The van der Waals surface area contributed by atoms with Gasteiger partial charge in [-0.25, -0.2) is 4.79 Å². The highest BCUT2D eigenvalue weighted by Crippen LogP contribution is 2.40. The second kappa shape index (κ2) is 2.58. The number of epoxide rings is 1. The minimum absolute atomic E-state index is 0.0845. The Morgan fingerprint density at radius 3 is 2.93 bits per heavy atom. The van der Waals surface area contributed by atoms with Crippen LogP contribution in [0.3, 0.4) is 0 Å². The minimum atomic E-state index is -0.218. The smallest absolute Gasteiger partial charge is 0.339 e. The number of rotatable bonds is 1. The predicted molar refractivity (Wildman–Crippen MR) is 49.1 cm³/mol. The molecule has 1 fully saturated rings. The zero-order chi connectivity index (χ0) is 9.71. The molecule has 0 saturated carbocycles. The van der Waals surface area contributed by atoms with Gasteiger partial charge < -0.3 is 9.47 Å². The highest BCUT2D eigenvalue weighted by atomic mass is 16.6. The molecule has 0 bridgehead atoms. The van der Waals surface area contributed by atoms with Gasteiger partial charge in [0, 0.05) is 5.56 Å². The average Bonchev–Trinajstić information content (AvgIpc) is 2.94. The third-order valence-electron chi connectivity index (χ3n) is 2.76. The van der Waals surface area contributed by atoms with E-state index in [2.05, 4.69) is 0 Å². The number of cyclic esters (lactones) is 1. The number of benzene rings is 1. The summed E-state index contributed by atoms with van der Waals surface area (Å²) in [6.07, 6.45) is -0.0833. The first-order chi connectivity index (χ1) is 6.77. The molecule has 3 nitrogen and oxygen atoms in total. The summed E-state index contributed by atoms with van der Waals surface area (Å²) >= 11 is 0. The van der Waals surface area contributed by atoms with Crippen molar-refractivity contribution in [3.05, 3.63) is 34.9 Å². The topological polar surface area (TPSA) is 38.8 Å². The molecule has 3 heteroatoms. The van der Waals surface area contributed by atoms with Gasteiger partial charge in [-0.15, -0.1) is 0 Å². The molecule has 1 saturated heterocycles. The van der Waals surface area contributed by atoms with Gasteiger partial charge in [-0.2, -0.15) is 0 Å². The van der Waals surface area contributed by atoms with Crippen molar-refractivity contribution in [2.45, 2.75) is 19.1 Å². The molecule has 2 aliphatic rings. The molecule has 0 amide bonds. The van der Waals surface area contributed by atoms with Crippen LogP contribution < -0.4 is 0 Å². The van der Waals surface area contributed by atoms with E-state index in [1.165, 1.54) is 0 Å². The molecule has 0 spiro atoms. The van der Waals surface area contributed by atoms with Crippen molar-refractivity contribution in [3.63, 3.8) is 0 Å². The molecule has 1 aromatic rings. The van der Waals surface area contributed by atoms with Crippen molar-refractivity contribution in [1.82, 2.24) is 0 Å². The van der Waals surface area contributed by atoms with Crippen LogP contribution >= 0.6 is 0 Å². The lowest BCUT2D eigenvalue weighted by Crippen LogP contribution is -2.06. The van der Waals surface area contributed by atoms with Crippen LogP contribution in [0.4, 0.5) is 0 Å². The summed E-state index contributed by atoms with van der Waals surface area (Å²) in [5, 5.41) is 0. The molecule has 1 aromatic carbocycles. The van der Waals surface area contributed by atoms with Crippen LogP contribution in [0, 0.1) is 6.92 Å². The second-order valence-corrected chi connectivity index (χ2v) is 3.73. The summed E-state index contributed by atoms with van der Waals surface area (Å²) in [6.45, 7) is 2.70. The maximum Gasteiger partial charge on any atom is 0.339 e. The van der Waals surface area contributed by atoms with E-state index in [9.17, 15) is 4.79 Å². The predicted octanol–water partition coefficient (Wildman–Crippen LogP) is 1.61. The Hall–Kier alpha value is -1.35. The molecule has 0 aliphatic carbocycles. The largest absolute Gasteiger partial charge is 0.451 e. The fourth-order valence-corrected chi connectivity index (χ4v) is 1.97. The van der Waals surface area contributed by atoms with Gasteiger partial charge in [0.15, 0.2) is 6.10 Å². The number of esters is 1. The number of carbonyl (C=O) groups excluding carboxylic acids is 1. The van der Waals surface area contributed by atoms with Crippen LogP contribution in [0.15, 0.2) is 18.2 Å². The number of ether oxygens (including phenoxy) is 2. The number of carbonyl (C=O) groups is 1. The first-order valence-electron chi connectivity index (χ1n) is 4.69. The summed E-state index contributed by atoms with van der Waals surface area (Å²) in [5.74, 6) is -0.218. The number of fused-ring (bicyclic) bond motifs is 1. The molecule has 2 atom stereocenters. The van der Waals surface area contributed by atoms with Gasteiger partial charge in [0.05, 0.1) is 12.2 Å². The van der Waals surface area contributed by atoms with Crippen LogP contribution in [0.2, 0.25) is 0 Å². The highest BCUT2D eigenvalue weighted by molar-refractivity contribution is 5.94. The van der Waals surface area contributed by atoms with Crippen LogP contribution in [-0.4, -0.2) is 18.7 Å². The van der Waals surface area contributed by atoms with E-state index in [0.29, 0.717) is 12.2 Å². The second-order valence-electron chi connectivity index (χ2n) is 3.73. The monoisotopic (exact) mass is 190 g/mol. The quantitative estimate of drug-likeness (QED) is 0.498. The normalized spacial score (nSPS) is 28.5. The fraction of sp³-hybridized carbons (Fsp3) is 0.364. The van der Waals surface area contributed by atoms with Crippen molar-refractivity contribution >= 4 is 5.97 Å². The van der Waals surface area contributed by atoms with E-state index in [1.54, 1.807) is 0 Å². The van der Waals surface area contributed by atoms with E-state index in [1.807, 2.05) is 25.1 Å². The van der Waals surface area contributed by atoms with Crippen LogP contribution in [0.5, 0.6) is 0 Å². The van der Waals surface area contributed by atoms with E-state index >= 15 is 0 Å². The van der Waals surface area contributed by atoms with Crippen molar-refractivity contribution in [3.8, 4) is 0 Å². The van der Waals surface area contributed by atoms with Crippen molar-refractivity contribution in [2.75, 3.05) is 6.61 Å². The molecule has 72 valence electrons. The maximum absolute atomic E-state index is 11.5. The van der Waals surface area contributed by atoms with Gasteiger partial charge in [0.1, 0.15) is 6.10 Å². The molecular weight excluding hydrogens is 180 g/mol. The van der Waals surface area contributed by atoms with E-state index in [0.717, 1.165) is 11.1 Å². The zero-order valence-electron chi connectivity index (χ0n) is 7.82. The Kier molecular flexibility index (Phi) is 1.47. The highest BCUT2D eigenvalue weighted by Gasteiger charge is 2.43. The summed E-state index contributed by atoms with van der Waals surface area (Å²) in [7, 11) is 0. The summed E-state index contributed by atoms with van der Waals surface area (Å²) in [6, 6.07) is 5.69. The Morgan fingerprint density at radius 1 is 1.43 bits per heavy atom. The van der Waals surface area contributed by atoms with Crippen LogP contribution in [0.1, 0.15) is 27.6 Å². The van der Waals surface area contributed by atoms with Gasteiger partial charge >= 0.3 is 5.97 Å². The molecule has 2 aliphatic heterocycles. The first-order valence-corrected chi connectivity index (χ1v) is 4.69. The third-order valence-corrected chi connectivity index (χ3v) is 2.76. The molecule has 2 heterocycles. The SMILES string of the molecule is Cc1cccc2c1[C@@H](C1CO1)OC2=O. The lowest BCUT2D eigenvalue weighted by molar-refractivity contribution is 0.0320. The van der Waals surface area contributed by atoms with Crippen LogP contribution in [-0.2, 0) is 9.47 Å². The van der Waals surface area contributed by atoms with Crippen molar-refractivity contribution in [2.24, 2.45) is 0 Å².